The Morgan fingerprint density at radius 2 is 0.472 bits per heavy atom. The standard InChI is InChI=1S/2C25H23P.C14H10O4S2/c2*1-5-13-22(14-6-1)21-26(23-15-7-2-8-16-23,24-17-9-3-10-18-24)25-19-11-4-12-20-25;15-13(16)9-1-5-11(6-2-9)19-20-12-7-3-10(4-8-12)14(17)18/h2*1-20,26H,21H2;1-8H,(H,15,16)(H,17,18). The van der Waals surface area contributed by atoms with Gasteiger partial charge in [0.05, 0.1) is 11.1 Å². The van der Waals surface area contributed by atoms with Crippen LogP contribution in [0.5, 0.6) is 0 Å². The number of hydrogen-bond acceptors (Lipinski definition) is 4. The van der Waals surface area contributed by atoms with Crippen molar-refractivity contribution >= 4 is 79.9 Å². The van der Waals surface area contributed by atoms with Crippen molar-refractivity contribution < 1.29 is 19.8 Å². The van der Waals surface area contributed by atoms with Crippen molar-refractivity contribution in [1.29, 1.82) is 0 Å². The van der Waals surface area contributed by atoms with Crippen LogP contribution >= 0.6 is 36.1 Å². The average Bonchev–Trinajstić information content (AvgIpc) is 3.46. The maximum atomic E-state index is 10.7. The molecule has 358 valence electrons. The van der Waals surface area contributed by atoms with Crippen LogP contribution in [-0.4, -0.2) is 22.2 Å². The van der Waals surface area contributed by atoms with Crippen LogP contribution in [0.4, 0.5) is 0 Å². The van der Waals surface area contributed by atoms with Crippen LogP contribution in [0.3, 0.4) is 0 Å². The quantitative estimate of drug-likeness (QED) is 0.0787. The SMILES string of the molecule is O=C(O)c1ccc(SSc2ccc(C(=O)O)cc2)cc1.c1ccc(C[PH](c2ccccc2)(c2ccccc2)c2ccccc2)cc1.c1ccc(C[PH](c2ccccc2)(c2ccccc2)c2ccccc2)cc1. The van der Waals surface area contributed by atoms with Gasteiger partial charge in [0.15, 0.2) is 0 Å². The Kier molecular flexibility index (Phi) is 18.2. The van der Waals surface area contributed by atoms with Gasteiger partial charge >= 0.3 is 324 Å². The normalized spacial score (nSPS) is 11.4. The van der Waals surface area contributed by atoms with Gasteiger partial charge in [0.2, 0.25) is 0 Å². The van der Waals surface area contributed by atoms with Crippen molar-refractivity contribution in [2.24, 2.45) is 0 Å². The summed E-state index contributed by atoms with van der Waals surface area (Å²) in [6.07, 6.45) is 2.12. The zero-order valence-corrected chi connectivity index (χ0v) is 43.3. The van der Waals surface area contributed by atoms with Gasteiger partial charge in [-0.2, -0.15) is 0 Å². The predicted molar refractivity (Wildman–Crippen MR) is 312 cm³/mol. The van der Waals surface area contributed by atoms with E-state index in [0.29, 0.717) is 0 Å². The molecule has 4 nitrogen and oxygen atoms in total. The van der Waals surface area contributed by atoms with E-state index in [1.165, 1.54) is 64.5 Å². The van der Waals surface area contributed by atoms with E-state index in [-0.39, 0.29) is 11.1 Å². The van der Waals surface area contributed by atoms with E-state index in [9.17, 15) is 9.59 Å². The summed E-state index contributed by atoms with van der Waals surface area (Å²) < 4.78 is 0. The number of carboxylic acid groups (broad SMARTS) is 2. The fourth-order valence-electron chi connectivity index (χ4n) is 9.15. The molecule has 72 heavy (non-hydrogen) atoms. The minimum absolute atomic E-state index is 0.255. The Morgan fingerprint density at radius 3 is 0.667 bits per heavy atom. The van der Waals surface area contributed by atoms with Gasteiger partial charge < -0.3 is 10.2 Å². The van der Waals surface area contributed by atoms with Crippen LogP contribution in [0.25, 0.3) is 0 Å². The zero-order chi connectivity index (χ0) is 49.9. The first-order chi connectivity index (χ1) is 35.3. The van der Waals surface area contributed by atoms with Crippen molar-refractivity contribution in [3.8, 4) is 0 Å². The molecule has 10 aromatic carbocycles. The van der Waals surface area contributed by atoms with Gasteiger partial charge in [-0.25, -0.2) is 9.59 Å². The molecular weight excluding hydrogens is 959 g/mol. The molecule has 10 aromatic rings. The first-order valence-electron chi connectivity index (χ1n) is 23.8. The third-order valence-corrected chi connectivity index (χ3v) is 24.9. The van der Waals surface area contributed by atoms with Crippen molar-refractivity contribution in [1.82, 2.24) is 0 Å². The molecule has 10 rings (SSSR count). The van der Waals surface area contributed by atoms with Crippen LogP contribution < -0.4 is 31.8 Å². The number of rotatable bonds is 15. The summed E-state index contributed by atoms with van der Waals surface area (Å²) in [4.78, 5) is 23.3. The molecule has 8 heteroatoms. The molecule has 0 aliphatic rings. The molecule has 2 N–H and O–H groups in total. The van der Waals surface area contributed by atoms with Crippen molar-refractivity contribution in [2.45, 2.75) is 22.1 Å². The van der Waals surface area contributed by atoms with Crippen LogP contribution in [0.2, 0.25) is 0 Å². The predicted octanol–water partition coefficient (Wildman–Crippen LogP) is 13.7. The maximum absolute atomic E-state index is 10.7. The molecule has 0 fully saturated rings. The van der Waals surface area contributed by atoms with Gasteiger partial charge in [-0.05, 0) is 48.5 Å². The first kappa shape index (κ1) is 51.1. The van der Waals surface area contributed by atoms with E-state index >= 15 is 0 Å². The summed E-state index contributed by atoms with van der Waals surface area (Å²) in [5.74, 6) is -1.89. The van der Waals surface area contributed by atoms with Gasteiger partial charge in [-0.15, -0.1) is 0 Å². The first-order valence-corrected chi connectivity index (χ1v) is 30.3. The Morgan fingerprint density at radius 1 is 0.278 bits per heavy atom. The Bertz CT molecular complexity index is 2780. The minimum atomic E-state index is -2.16. The molecule has 0 aliphatic carbocycles. The second-order valence-electron chi connectivity index (χ2n) is 17.2. The topological polar surface area (TPSA) is 74.6 Å². The summed E-state index contributed by atoms with van der Waals surface area (Å²) in [6, 6.07) is 102. The monoisotopic (exact) mass is 1010 g/mol. The molecule has 0 spiro atoms. The summed E-state index contributed by atoms with van der Waals surface area (Å²) >= 11 is 0. The zero-order valence-electron chi connectivity index (χ0n) is 39.7. The van der Waals surface area contributed by atoms with Crippen molar-refractivity contribution in [2.75, 3.05) is 0 Å². The van der Waals surface area contributed by atoms with Gasteiger partial charge in [0, 0.05) is 9.79 Å². The van der Waals surface area contributed by atoms with E-state index in [4.69, 9.17) is 10.2 Å². The average molecular weight is 1020 g/mol. The molecule has 0 aromatic heterocycles. The molecule has 0 aliphatic heterocycles. The third-order valence-electron chi connectivity index (χ3n) is 12.7. The van der Waals surface area contributed by atoms with Crippen LogP contribution in [0.15, 0.2) is 301 Å². The number of aromatic carboxylic acids is 2. The van der Waals surface area contributed by atoms with Crippen molar-refractivity contribution in [3.05, 3.63) is 313 Å². The fourth-order valence-corrected chi connectivity index (χ4v) is 20.6. The van der Waals surface area contributed by atoms with Gasteiger partial charge in [0.25, 0.3) is 0 Å². The van der Waals surface area contributed by atoms with Crippen LogP contribution in [0, 0.1) is 0 Å². The third kappa shape index (κ3) is 13.0. The summed E-state index contributed by atoms with van der Waals surface area (Å²) in [6.45, 7) is 0. The Labute approximate surface area is 432 Å². The van der Waals surface area contributed by atoms with Gasteiger partial charge in [-0.1, -0.05) is 21.6 Å². The van der Waals surface area contributed by atoms with Crippen molar-refractivity contribution in [3.63, 3.8) is 0 Å². The Balaban J connectivity index is 0.000000146. The van der Waals surface area contributed by atoms with Crippen LogP contribution in [0.1, 0.15) is 31.8 Å². The second-order valence-corrected chi connectivity index (χ2v) is 27.2. The molecule has 0 amide bonds. The Hall–Kier alpha value is -7.30. The summed E-state index contributed by atoms with van der Waals surface area (Å²) in [7, 11) is -1.36. The van der Waals surface area contributed by atoms with Crippen LogP contribution in [-0.2, 0) is 12.3 Å². The molecule has 0 unspecified atom stereocenters. The molecule has 0 saturated heterocycles. The molecule has 0 heterocycles. The number of benzene rings is 10. The number of carbonyl (C=O) groups is 2. The van der Waals surface area contributed by atoms with E-state index in [0.717, 1.165) is 22.1 Å². The number of hydrogen-bond donors (Lipinski definition) is 2. The van der Waals surface area contributed by atoms with E-state index in [1.54, 1.807) is 48.5 Å². The molecule has 0 atom stereocenters. The van der Waals surface area contributed by atoms with E-state index in [1.807, 2.05) is 0 Å². The summed E-state index contributed by atoms with van der Waals surface area (Å²) in [5, 5.41) is 26.3. The van der Waals surface area contributed by atoms with E-state index in [2.05, 4.69) is 243 Å². The molecule has 0 saturated carbocycles. The second kappa shape index (κ2) is 25.7. The van der Waals surface area contributed by atoms with Gasteiger partial charge in [0.1, 0.15) is 0 Å². The molecule has 0 bridgehead atoms. The number of carboxylic acids is 2. The summed E-state index contributed by atoms with van der Waals surface area (Å²) in [5.41, 5.74) is 3.31. The molecular formula is C64H56O4P2S2. The molecule has 0 radical (unpaired) electrons. The van der Waals surface area contributed by atoms with Gasteiger partial charge in [-0.3, -0.25) is 0 Å². The fraction of sp³-hybridized carbons (Fsp3) is 0.0312. The van der Waals surface area contributed by atoms with E-state index < -0.39 is 26.5 Å².